The first-order chi connectivity index (χ1) is 14.6. The summed E-state index contributed by atoms with van der Waals surface area (Å²) in [6.07, 6.45) is 0.637. The summed E-state index contributed by atoms with van der Waals surface area (Å²) in [5, 5.41) is 5.04. The van der Waals surface area contributed by atoms with E-state index >= 15 is 0 Å². The first-order valence-electron chi connectivity index (χ1n) is 8.83. The first-order valence-corrected chi connectivity index (χ1v) is 9.71. The van der Waals surface area contributed by atoms with E-state index in [1.54, 1.807) is 32.4 Å². The average Bonchev–Trinajstić information content (AvgIpc) is 3.25. The van der Waals surface area contributed by atoms with Gasteiger partial charge in [-0.3, -0.25) is 14.9 Å². The molecule has 0 atom stereocenters. The van der Waals surface area contributed by atoms with E-state index in [1.807, 2.05) is 17.5 Å². The van der Waals surface area contributed by atoms with Gasteiger partial charge in [-0.05, 0) is 30.3 Å². The van der Waals surface area contributed by atoms with E-state index in [0.717, 1.165) is 5.56 Å². The molecule has 0 saturated heterocycles. The Morgan fingerprint density at radius 2 is 1.83 bits per heavy atom. The van der Waals surface area contributed by atoms with Crippen molar-refractivity contribution in [1.29, 1.82) is 0 Å². The predicted molar refractivity (Wildman–Crippen MR) is 113 cm³/mol. The SMILES string of the molecule is COc1ccc(-c2csc(NC(=O)c3ccc(OCC=O)c(OC)c3)n2)c(OC)c1. The number of aldehydes is 1. The van der Waals surface area contributed by atoms with E-state index < -0.39 is 0 Å². The van der Waals surface area contributed by atoms with Gasteiger partial charge < -0.3 is 18.9 Å². The van der Waals surface area contributed by atoms with Crippen molar-refractivity contribution in [2.75, 3.05) is 33.3 Å². The zero-order valence-electron chi connectivity index (χ0n) is 16.6. The summed E-state index contributed by atoms with van der Waals surface area (Å²) in [6.45, 7) is -0.0986. The van der Waals surface area contributed by atoms with Crippen LogP contribution in [-0.2, 0) is 4.79 Å². The van der Waals surface area contributed by atoms with E-state index in [2.05, 4.69) is 10.3 Å². The molecule has 2 aromatic carbocycles. The molecular weight excluding hydrogens is 408 g/mol. The number of carbonyl (C=O) groups is 2. The normalized spacial score (nSPS) is 10.2. The molecule has 0 saturated carbocycles. The highest BCUT2D eigenvalue weighted by molar-refractivity contribution is 7.14. The fourth-order valence-electron chi connectivity index (χ4n) is 2.69. The molecule has 0 bridgehead atoms. The monoisotopic (exact) mass is 428 g/mol. The Labute approximate surface area is 177 Å². The Hall–Kier alpha value is -3.59. The summed E-state index contributed by atoms with van der Waals surface area (Å²) >= 11 is 1.30. The summed E-state index contributed by atoms with van der Waals surface area (Å²) in [4.78, 5) is 27.6. The standard InChI is InChI=1S/C21H20N2O6S/c1-26-14-5-6-15(18(11-14)27-2)16-12-30-21(22-16)23-20(25)13-4-7-17(29-9-8-24)19(10-13)28-3/h4-8,10-12H,9H2,1-3H3,(H,22,23,25). The van der Waals surface area contributed by atoms with Crippen molar-refractivity contribution < 1.29 is 28.5 Å². The van der Waals surface area contributed by atoms with Crippen LogP contribution in [0.4, 0.5) is 5.13 Å². The van der Waals surface area contributed by atoms with Gasteiger partial charge in [0.05, 0.1) is 27.0 Å². The number of ether oxygens (including phenoxy) is 4. The number of methoxy groups -OCH3 is 3. The molecule has 156 valence electrons. The molecule has 8 nitrogen and oxygen atoms in total. The number of carbonyl (C=O) groups excluding carboxylic acids is 2. The number of thiazole rings is 1. The molecule has 0 unspecified atom stereocenters. The Balaban J connectivity index is 1.78. The van der Waals surface area contributed by atoms with Gasteiger partial charge in [-0.1, -0.05) is 0 Å². The number of hydrogen-bond donors (Lipinski definition) is 1. The van der Waals surface area contributed by atoms with Crippen LogP contribution in [0.2, 0.25) is 0 Å². The van der Waals surface area contributed by atoms with Gasteiger partial charge >= 0.3 is 0 Å². The van der Waals surface area contributed by atoms with Crippen LogP contribution in [0.25, 0.3) is 11.3 Å². The number of aromatic nitrogens is 1. The maximum Gasteiger partial charge on any atom is 0.257 e. The fraction of sp³-hybridized carbons (Fsp3) is 0.190. The Morgan fingerprint density at radius 1 is 1.03 bits per heavy atom. The number of hydrogen-bond acceptors (Lipinski definition) is 8. The Bertz CT molecular complexity index is 1050. The van der Waals surface area contributed by atoms with E-state index in [4.69, 9.17) is 18.9 Å². The molecule has 3 aromatic rings. The zero-order chi connectivity index (χ0) is 21.5. The number of nitrogens with zero attached hydrogens (tertiary/aromatic N) is 1. The average molecular weight is 428 g/mol. The molecule has 0 spiro atoms. The number of rotatable bonds is 9. The molecule has 30 heavy (non-hydrogen) atoms. The summed E-state index contributed by atoms with van der Waals surface area (Å²) in [5.74, 6) is 1.68. The van der Waals surface area contributed by atoms with E-state index in [9.17, 15) is 9.59 Å². The van der Waals surface area contributed by atoms with E-state index in [0.29, 0.717) is 45.7 Å². The second kappa shape index (κ2) is 9.75. The number of anilines is 1. The molecule has 0 aliphatic carbocycles. The van der Waals surface area contributed by atoms with E-state index in [-0.39, 0.29) is 12.5 Å². The van der Waals surface area contributed by atoms with Crippen LogP contribution in [-0.4, -0.2) is 45.1 Å². The minimum atomic E-state index is -0.349. The third-order valence-corrected chi connectivity index (χ3v) is 4.90. The third-order valence-electron chi connectivity index (χ3n) is 4.14. The Kier molecular flexibility index (Phi) is 6.87. The highest BCUT2D eigenvalue weighted by Gasteiger charge is 2.15. The molecule has 0 aliphatic rings. The van der Waals surface area contributed by atoms with Crippen molar-refractivity contribution in [2.45, 2.75) is 0 Å². The molecule has 1 aromatic heterocycles. The second-order valence-corrected chi connectivity index (χ2v) is 6.76. The van der Waals surface area contributed by atoms with Gasteiger partial charge in [-0.15, -0.1) is 11.3 Å². The van der Waals surface area contributed by atoms with Gasteiger partial charge in [0.15, 0.2) is 22.9 Å². The predicted octanol–water partition coefficient (Wildman–Crippen LogP) is 3.67. The maximum atomic E-state index is 12.6. The third kappa shape index (κ3) is 4.69. The lowest BCUT2D eigenvalue weighted by atomic mass is 10.1. The van der Waals surface area contributed by atoms with Crippen LogP contribution >= 0.6 is 11.3 Å². The summed E-state index contributed by atoms with van der Waals surface area (Å²) < 4.78 is 21.1. The topological polar surface area (TPSA) is 96.0 Å². The Morgan fingerprint density at radius 3 is 2.53 bits per heavy atom. The van der Waals surface area contributed by atoms with Crippen molar-refractivity contribution >= 4 is 28.7 Å². The minimum Gasteiger partial charge on any atom is -0.497 e. The van der Waals surface area contributed by atoms with Crippen LogP contribution in [0.1, 0.15) is 10.4 Å². The van der Waals surface area contributed by atoms with Crippen molar-refractivity contribution in [2.24, 2.45) is 0 Å². The van der Waals surface area contributed by atoms with Gasteiger partial charge in [-0.25, -0.2) is 4.98 Å². The van der Waals surface area contributed by atoms with Crippen LogP contribution in [0.15, 0.2) is 41.8 Å². The van der Waals surface area contributed by atoms with Crippen molar-refractivity contribution in [3.63, 3.8) is 0 Å². The maximum absolute atomic E-state index is 12.6. The highest BCUT2D eigenvalue weighted by atomic mass is 32.1. The van der Waals surface area contributed by atoms with Gasteiger partial charge in [0.2, 0.25) is 0 Å². The van der Waals surface area contributed by atoms with Crippen LogP contribution in [0.3, 0.4) is 0 Å². The molecule has 3 rings (SSSR count). The number of benzene rings is 2. The smallest absolute Gasteiger partial charge is 0.257 e. The summed E-state index contributed by atoms with van der Waals surface area (Å²) in [5.41, 5.74) is 1.82. The van der Waals surface area contributed by atoms with Crippen molar-refractivity contribution in [3.05, 3.63) is 47.3 Å². The quantitative estimate of drug-likeness (QED) is 0.520. The first kappa shape index (κ1) is 21.1. The molecule has 9 heteroatoms. The molecular formula is C21H20N2O6S. The van der Waals surface area contributed by atoms with Gasteiger partial charge in [-0.2, -0.15) is 0 Å². The van der Waals surface area contributed by atoms with Gasteiger partial charge in [0, 0.05) is 22.6 Å². The lowest BCUT2D eigenvalue weighted by Crippen LogP contribution is -2.12. The largest absolute Gasteiger partial charge is 0.497 e. The highest BCUT2D eigenvalue weighted by Crippen LogP contribution is 2.35. The van der Waals surface area contributed by atoms with Crippen LogP contribution < -0.4 is 24.3 Å². The van der Waals surface area contributed by atoms with Gasteiger partial charge in [0.1, 0.15) is 18.1 Å². The van der Waals surface area contributed by atoms with Gasteiger partial charge in [0.25, 0.3) is 5.91 Å². The van der Waals surface area contributed by atoms with Crippen LogP contribution in [0, 0.1) is 0 Å². The second-order valence-electron chi connectivity index (χ2n) is 5.90. The lowest BCUT2D eigenvalue weighted by molar-refractivity contribution is -0.109. The summed E-state index contributed by atoms with van der Waals surface area (Å²) in [7, 11) is 4.62. The zero-order valence-corrected chi connectivity index (χ0v) is 17.4. The number of nitrogens with one attached hydrogen (secondary N) is 1. The molecule has 1 heterocycles. The van der Waals surface area contributed by atoms with Crippen LogP contribution in [0.5, 0.6) is 23.0 Å². The van der Waals surface area contributed by atoms with E-state index in [1.165, 1.54) is 24.5 Å². The minimum absolute atomic E-state index is 0.0986. The molecule has 1 N–H and O–H groups in total. The molecule has 0 aliphatic heterocycles. The fourth-order valence-corrected chi connectivity index (χ4v) is 3.39. The molecule has 0 fully saturated rings. The summed E-state index contributed by atoms with van der Waals surface area (Å²) in [6, 6.07) is 10.1. The lowest BCUT2D eigenvalue weighted by Gasteiger charge is -2.10. The van der Waals surface area contributed by atoms with Crippen molar-refractivity contribution in [1.82, 2.24) is 4.98 Å². The molecule has 1 amide bonds. The molecule has 0 radical (unpaired) electrons. The number of amides is 1. The van der Waals surface area contributed by atoms with Crippen molar-refractivity contribution in [3.8, 4) is 34.3 Å².